The topological polar surface area (TPSA) is 108 Å². The van der Waals surface area contributed by atoms with Crippen LogP contribution < -0.4 is 10.1 Å². The molecule has 9 nitrogen and oxygen atoms in total. The second-order valence-electron chi connectivity index (χ2n) is 7.56. The van der Waals surface area contributed by atoms with Crippen molar-refractivity contribution in [2.24, 2.45) is 0 Å². The van der Waals surface area contributed by atoms with Crippen molar-refractivity contribution in [3.05, 3.63) is 89.3 Å². The third-order valence-corrected chi connectivity index (χ3v) is 5.20. The summed E-state index contributed by atoms with van der Waals surface area (Å²) in [6.45, 7) is 3.59. The number of hydrogen-bond donors (Lipinski definition) is 1. The number of esters is 1. The van der Waals surface area contributed by atoms with E-state index in [2.05, 4.69) is 15.5 Å². The SMILES string of the molecule is COc1ccccc1NC(=O)Cc1noc(COC(=O)c2cc(C)n(-c3ccccc3)c2C)n1. The molecule has 34 heavy (non-hydrogen) atoms. The maximum atomic E-state index is 12.7. The van der Waals surface area contributed by atoms with Crippen molar-refractivity contribution in [3.63, 3.8) is 0 Å². The molecule has 174 valence electrons. The fraction of sp³-hybridized carbons (Fsp3) is 0.200. The van der Waals surface area contributed by atoms with Crippen LogP contribution in [0.4, 0.5) is 5.69 Å². The average Bonchev–Trinajstić information content (AvgIpc) is 3.41. The van der Waals surface area contributed by atoms with E-state index < -0.39 is 5.97 Å². The lowest BCUT2D eigenvalue weighted by atomic mass is 10.2. The van der Waals surface area contributed by atoms with Gasteiger partial charge in [0.15, 0.2) is 12.4 Å². The van der Waals surface area contributed by atoms with Crippen molar-refractivity contribution in [1.29, 1.82) is 0 Å². The van der Waals surface area contributed by atoms with Gasteiger partial charge in [0.05, 0.1) is 24.8 Å². The van der Waals surface area contributed by atoms with Gasteiger partial charge in [0.2, 0.25) is 5.91 Å². The highest BCUT2D eigenvalue weighted by molar-refractivity contribution is 5.93. The van der Waals surface area contributed by atoms with E-state index in [9.17, 15) is 9.59 Å². The fourth-order valence-corrected chi connectivity index (χ4v) is 3.66. The van der Waals surface area contributed by atoms with Crippen LogP contribution >= 0.6 is 0 Å². The van der Waals surface area contributed by atoms with Gasteiger partial charge in [-0.05, 0) is 44.2 Å². The molecule has 2 aromatic heterocycles. The van der Waals surface area contributed by atoms with Crippen LogP contribution in [0.3, 0.4) is 0 Å². The van der Waals surface area contributed by atoms with Gasteiger partial charge in [0, 0.05) is 17.1 Å². The van der Waals surface area contributed by atoms with Crippen molar-refractivity contribution in [2.75, 3.05) is 12.4 Å². The molecule has 0 aliphatic heterocycles. The van der Waals surface area contributed by atoms with Gasteiger partial charge in [-0.2, -0.15) is 4.98 Å². The lowest BCUT2D eigenvalue weighted by Crippen LogP contribution is -2.15. The largest absolute Gasteiger partial charge is 0.495 e. The van der Waals surface area contributed by atoms with Crippen LogP contribution in [0, 0.1) is 13.8 Å². The van der Waals surface area contributed by atoms with Gasteiger partial charge >= 0.3 is 5.97 Å². The number of aromatic nitrogens is 3. The molecule has 1 N–H and O–H groups in total. The minimum Gasteiger partial charge on any atom is -0.495 e. The van der Waals surface area contributed by atoms with Gasteiger partial charge in [-0.15, -0.1) is 0 Å². The third kappa shape index (κ3) is 4.98. The maximum absolute atomic E-state index is 12.7. The highest BCUT2D eigenvalue weighted by Gasteiger charge is 2.19. The Labute approximate surface area is 196 Å². The number of nitrogens with one attached hydrogen (secondary N) is 1. The molecule has 2 aromatic carbocycles. The van der Waals surface area contributed by atoms with Gasteiger partial charge in [0.1, 0.15) is 5.75 Å². The number of rotatable bonds is 8. The number of ether oxygens (including phenoxy) is 2. The number of para-hydroxylation sites is 3. The Morgan fingerprint density at radius 3 is 2.56 bits per heavy atom. The number of aryl methyl sites for hydroxylation is 1. The van der Waals surface area contributed by atoms with Gasteiger partial charge in [-0.3, -0.25) is 4.79 Å². The summed E-state index contributed by atoms with van der Waals surface area (Å²) in [6.07, 6.45) is -0.103. The first kappa shape index (κ1) is 22.8. The number of amides is 1. The number of anilines is 1. The quantitative estimate of drug-likeness (QED) is 0.396. The van der Waals surface area contributed by atoms with Crippen LogP contribution in [0.25, 0.3) is 5.69 Å². The number of methoxy groups -OCH3 is 1. The van der Waals surface area contributed by atoms with E-state index in [1.165, 1.54) is 7.11 Å². The Kier molecular flexibility index (Phi) is 6.72. The van der Waals surface area contributed by atoms with Gasteiger partial charge in [-0.25, -0.2) is 4.79 Å². The summed E-state index contributed by atoms with van der Waals surface area (Å²) < 4.78 is 17.7. The Bertz CT molecular complexity index is 1310. The van der Waals surface area contributed by atoms with Crippen LogP contribution in [0.5, 0.6) is 5.75 Å². The van der Waals surface area contributed by atoms with Crippen LogP contribution in [0.1, 0.15) is 33.5 Å². The Hall–Kier alpha value is -4.40. The zero-order chi connectivity index (χ0) is 24.1. The first-order valence-electron chi connectivity index (χ1n) is 10.6. The summed E-state index contributed by atoms with van der Waals surface area (Å²) in [6, 6.07) is 18.6. The molecule has 4 aromatic rings. The summed E-state index contributed by atoms with van der Waals surface area (Å²) in [5.41, 5.74) is 3.65. The van der Waals surface area contributed by atoms with Crippen molar-refractivity contribution < 1.29 is 23.6 Å². The zero-order valence-electron chi connectivity index (χ0n) is 19.1. The van der Waals surface area contributed by atoms with Gasteiger partial charge < -0.3 is 23.9 Å². The van der Waals surface area contributed by atoms with E-state index in [0.29, 0.717) is 17.0 Å². The molecule has 0 radical (unpaired) electrons. The number of nitrogens with zero attached hydrogens (tertiary/aromatic N) is 3. The van der Waals surface area contributed by atoms with Crippen molar-refractivity contribution in [2.45, 2.75) is 26.9 Å². The highest BCUT2D eigenvalue weighted by Crippen LogP contribution is 2.23. The normalized spacial score (nSPS) is 10.7. The van der Waals surface area contributed by atoms with E-state index in [0.717, 1.165) is 17.1 Å². The van der Waals surface area contributed by atoms with E-state index >= 15 is 0 Å². The van der Waals surface area contributed by atoms with Crippen molar-refractivity contribution in [1.82, 2.24) is 14.7 Å². The monoisotopic (exact) mass is 460 g/mol. The Morgan fingerprint density at radius 2 is 1.79 bits per heavy atom. The molecule has 4 rings (SSSR count). The highest BCUT2D eigenvalue weighted by atomic mass is 16.6. The van der Waals surface area contributed by atoms with Crippen LogP contribution in [-0.4, -0.2) is 33.7 Å². The molecule has 0 bridgehead atoms. The number of carbonyl (C=O) groups excluding carboxylic acids is 2. The molecule has 0 spiro atoms. The first-order valence-corrected chi connectivity index (χ1v) is 10.6. The molecule has 0 fully saturated rings. The van der Waals surface area contributed by atoms with Crippen molar-refractivity contribution >= 4 is 17.6 Å². The lowest BCUT2D eigenvalue weighted by Gasteiger charge is -2.09. The molecular weight excluding hydrogens is 436 g/mol. The van der Waals surface area contributed by atoms with Crippen LogP contribution in [0.15, 0.2) is 65.2 Å². The van der Waals surface area contributed by atoms with E-state index in [-0.39, 0.29) is 30.7 Å². The standard InChI is InChI=1S/C25H24N4O5/c1-16-13-19(17(2)29(16)18-9-5-4-6-10-18)25(31)33-15-24-27-22(28-34-24)14-23(30)26-20-11-7-8-12-21(20)32-3/h4-13H,14-15H2,1-3H3,(H,26,30). The number of hydrogen-bond acceptors (Lipinski definition) is 7. The van der Waals surface area contributed by atoms with E-state index in [4.69, 9.17) is 14.0 Å². The maximum Gasteiger partial charge on any atom is 0.340 e. The average molecular weight is 460 g/mol. The Morgan fingerprint density at radius 1 is 1.06 bits per heavy atom. The number of benzene rings is 2. The molecule has 0 saturated heterocycles. The third-order valence-electron chi connectivity index (χ3n) is 5.20. The molecule has 0 saturated carbocycles. The molecule has 0 aliphatic rings. The smallest absolute Gasteiger partial charge is 0.340 e. The fourth-order valence-electron chi connectivity index (χ4n) is 3.66. The molecule has 0 unspecified atom stereocenters. The summed E-state index contributed by atoms with van der Waals surface area (Å²) >= 11 is 0. The summed E-state index contributed by atoms with van der Waals surface area (Å²) in [5, 5.41) is 6.54. The van der Waals surface area contributed by atoms with E-state index in [1.54, 1.807) is 30.3 Å². The molecule has 0 aliphatic carbocycles. The minimum absolute atomic E-state index is 0.102. The molecule has 9 heteroatoms. The Balaban J connectivity index is 1.36. The lowest BCUT2D eigenvalue weighted by molar-refractivity contribution is -0.115. The molecule has 0 atom stereocenters. The molecule has 2 heterocycles. The van der Waals surface area contributed by atoms with Crippen molar-refractivity contribution in [3.8, 4) is 11.4 Å². The second-order valence-corrected chi connectivity index (χ2v) is 7.56. The summed E-state index contributed by atoms with van der Waals surface area (Å²) in [5.74, 6) is 0.000319. The van der Waals surface area contributed by atoms with Gasteiger partial charge in [0.25, 0.3) is 5.89 Å². The van der Waals surface area contributed by atoms with Crippen LogP contribution in [0.2, 0.25) is 0 Å². The molecule has 1 amide bonds. The van der Waals surface area contributed by atoms with Crippen LogP contribution in [-0.2, 0) is 22.6 Å². The van der Waals surface area contributed by atoms with E-state index in [1.807, 2.05) is 48.7 Å². The first-order chi connectivity index (χ1) is 16.5. The second kappa shape index (κ2) is 10.0. The molecular formula is C25H24N4O5. The number of carbonyl (C=O) groups is 2. The zero-order valence-corrected chi connectivity index (χ0v) is 19.1. The summed E-state index contributed by atoms with van der Waals surface area (Å²) in [4.78, 5) is 29.1. The summed E-state index contributed by atoms with van der Waals surface area (Å²) in [7, 11) is 1.52. The predicted octanol–water partition coefficient (Wildman–Crippen LogP) is 4.02. The van der Waals surface area contributed by atoms with Gasteiger partial charge in [-0.1, -0.05) is 35.5 Å². The predicted molar refractivity (Wildman–Crippen MR) is 124 cm³/mol. The minimum atomic E-state index is -0.496.